The second-order valence-corrected chi connectivity index (χ2v) is 4.73. The maximum absolute atomic E-state index is 10.7. The third-order valence-corrected chi connectivity index (χ3v) is 3.33. The van der Waals surface area contributed by atoms with E-state index in [1.807, 2.05) is 24.3 Å². The van der Waals surface area contributed by atoms with Gasteiger partial charge >= 0.3 is 107 Å². The number of carboxylic acid groups (broad SMARTS) is 1. The Morgan fingerprint density at radius 2 is 2.05 bits per heavy atom. The van der Waals surface area contributed by atoms with Gasteiger partial charge < -0.3 is 0 Å². The summed E-state index contributed by atoms with van der Waals surface area (Å²) in [5.41, 5.74) is 6.42. The molecule has 0 aliphatic heterocycles. The maximum atomic E-state index is 10.7. The van der Waals surface area contributed by atoms with Gasteiger partial charge in [-0.05, 0) is 0 Å². The van der Waals surface area contributed by atoms with Crippen molar-refractivity contribution in [1.29, 1.82) is 0 Å². The fourth-order valence-corrected chi connectivity index (χ4v) is 2.21. The quantitative estimate of drug-likeness (QED) is 0.793. The summed E-state index contributed by atoms with van der Waals surface area (Å²) in [7, 11) is 0. The molecule has 0 spiro atoms. The van der Waals surface area contributed by atoms with Crippen LogP contribution in [0.2, 0.25) is 0 Å². The van der Waals surface area contributed by atoms with Crippen LogP contribution in [0.4, 0.5) is 0 Å². The molecule has 7 heteroatoms. The van der Waals surface area contributed by atoms with Crippen LogP contribution in [0.15, 0.2) is 30.5 Å². The normalized spacial score (nSPS) is 11.3. The zero-order valence-corrected chi connectivity index (χ0v) is 13.3. The van der Waals surface area contributed by atoms with E-state index in [0.717, 1.165) is 20.8 Å². The van der Waals surface area contributed by atoms with Crippen LogP contribution in [0.1, 0.15) is 5.56 Å². The van der Waals surface area contributed by atoms with Gasteiger partial charge in [0.05, 0.1) is 0 Å². The third-order valence-electron chi connectivity index (χ3n) is 2.58. The molecular formula is C12H13AsCl2N2O2. The van der Waals surface area contributed by atoms with Crippen molar-refractivity contribution in [1.82, 2.24) is 4.98 Å². The van der Waals surface area contributed by atoms with Gasteiger partial charge in [0.1, 0.15) is 0 Å². The van der Waals surface area contributed by atoms with Crippen molar-refractivity contribution in [2.75, 3.05) is 0 Å². The van der Waals surface area contributed by atoms with Crippen LogP contribution in [0.3, 0.4) is 0 Å². The average molecular weight is 363 g/mol. The zero-order chi connectivity index (χ0) is 12.4. The second-order valence-electron chi connectivity index (χ2n) is 3.84. The van der Waals surface area contributed by atoms with E-state index < -0.39 is 12.0 Å². The number of nitrogens with zero attached hydrogens (tertiary/aromatic N) is 1. The van der Waals surface area contributed by atoms with Crippen LogP contribution in [0, 0.1) is 0 Å². The number of rotatable bonds is 3. The minimum absolute atomic E-state index is 0. The standard InChI is InChI=1S/C12H11AsN2O2.2ClH/c13-11-9-5-7(6-10(14)12(16)17)1-2-8(9)3-4-15-11;;/h1-5,10H,6,14H2,(H,16,17);2*1H. The molecule has 0 amide bonds. The SMILES string of the molecule is Cl.Cl.NC(Cc1ccc2ccnc([As])c2c1)C(=O)O. The molecule has 1 heterocycles. The molecule has 4 nitrogen and oxygen atoms in total. The van der Waals surface area contributed by atoms with Gasteiger partial charge in [-0.2, -0.15) is 0 Å². The number of nitrogens with two attached hydrogens (primary N) is 1. The van der Waals surface area contributed by atoms with Crippen LogP contribution in [-0.2, 0) is 11.2 Å². The van der Waals surface area contributed by atoms with E-state index in [9.17, 15) is 4.79 Å². The number of fused-ring (bicyclic) bond motifs is 1. The van der Waals surface area contributed by atoms with Crippen molar-refractivity contribution in [2.24, 2.45) is 5.73 Å². The van der Waals surface area contributed by atoms with Gasteiger partial charge in [0.15, 0.2) is 0 Å². The molecule has 102 valence electrons. The summed E-state index contributed by atoms with van der Waals surface area (Å²) < 4.78 is 0.876. The molecule has 0 fully saturated rings. The Morgan fingerprint density at radius 1 is 1.37 bits per heavy atom. The van der Waals surface area contributed by atoms with E-state index >= 15 is 0 Å². The molecule has 1 aromatic heterocycles. The predicted octanol–water partition coefficient (Wildman–Crippen LogP) is 0.827. The summed E-state index contributed by atoms with van der Waals surface area (Å²) in [6.45, 7) is 0. The van der Waals surface area contributed by atoms with Crippen LogP contribution in [0.5, 0.6) is 0 Å². The number of benzene rings is 1. The monoisotopic (exact) mass is 362 g/mol. The Labute approximate surface area is 132 Å². The zero-order valence-electron chi connectivity index (χ0n) is 9.81. The third kappa shape index (κ3) is 4.36. The van der Waals surface area contributed by atoms with Gasteiger partial charge in [-0.1, -0.05) is 0 Å². The molecule has 2 rings (SSSR count). The van der Waals surface area contributed by atoms with Crippen molar-refractivity contribution in [3.05, 3.63) is 36.0 Å². The number of halogens is 2. The van der Waals surface area contributed by atoms with Crippen molar-refractivity contribution < 1.29 is 9.90 Å². The van der Waals surface area contributed by atoms with Crippen LogP contribution in [-0.4, -0.2) is 39.0 Å². The summed E-state index contributed by atoms with van der Waals surface area (Å²) >= 11 is 2.41. The van der Waals surface area contributed by atoms with E-state index in [1.54, 1.807) is 6.20 Å². The van der Waals surface area contributed by atoms with E-state index in [2.05, 4.69) is 21.8 Å². The summed E-state index contributed by atoms with van der Waals surface area (Å²) in [5.74, 6) is -0.983. The van der Waals surface area contributed by atoms with Gasteiger partial charge in [0, 0.05) is 0 Å². The molecule has 3 N–H and O–H groups in total. The number of pyridine rings is 1. The van der Waals surface area contributed by atoms with E-state index in [4.69, 9.17) is 10.8 Å². The number of hydrogen-bond donors (Lipinski definition) is 2. The van der Waals surface area contributed by atoms with Crippen molar-refractivity contribution in [3.8, 4) is 0 Å². The molecule has 1 aromatic carbocycles. The molecule has 1 atom stereocenters. The van der Waals surface area contributed by atoms with Crippen molar-refractivity contribution in [3.63, 3.8) is 0 Å². The van der Waals surface area contributed by atoms with E-state index in [0.29, 0.717) is 6.42 Å². The molecule has 19 heavy (non-hydrogen) atoms. The van der Waals surface area contributed by atoms with Crippen LogP contribution in [0.25, 0.3) is 10.8 Å². The van der Waals surface area contributed by atoms with E-state index in [-0.39, 0.29) is 24.8 Å². The number of carboxylic acids is 1. The molecule has 2 aromatic rings. The first-order valence-electron chi connectivity index (χ1n) is 5.13. The number of hydrogen-bond acceptors (Lipinski definition) is 3. The molecule has 2 radical (unpaired) electrons. The Kier molecular flexibility index (Phi) is 7.38. The summed E-state index contributed by atoms with van der Waals surface area (Å²) in [6, 6.07) is 6.86. The molecule has 0 aliphatic carbocycles. The summed E-state index contributed by atoms with van der Waals surface area (Å²) in [6.07, 6.45) is 2.07. The molecule has 0 saturated heterocycles. The van der Waals surface area contributed by atoms with Crippen LogP contribution < -0.4 is 10.2 Å². The Bertz CT molecular complexity index is 581. The molecule has 0 bridgehead atoms. The van der Waals surface area contributed by atoms with Gasteiger partial charge in [-0.25, -0.2) is 0 Å². The fourth-order valence-electron chi connectivity index (χ4n) is 1.67. The number of carbonyl (C=O) groups is 1. The molecule has 0 aliphatic rings. The first-order valence-corrected chi connectivity index (χ1v) is 6.07. The van der Waals surface area contributed by atoms with Crippen molar-refractivity contribution in [2.45, 2.75) is 12.5 Å². The Hall–Kier alpha value is -0.802. The minimum atomic E-state index is -0.983. The predicted molar refractivity (Wildman–Crippen MR) is 80.9 cm³/mol. The Morgan fingerprint density at radius 3 is 2.68 bits per heavy atom. The second kappa shape index (κ2) is 7.71. The molecule has 0 saturated carbocycles. The fraction of sp³-hybridized carbons (Fsp3) is 0.167. The van der Waals surface area contributed by atoms with Gasteiger partial charge in [0.2, 0.25) is 0 Å². The average Bonchev–Trinajstić information content (AvgIpc) is 2.30. The number of aromatic nitrogens is 1. The molecule has 1 unspecified atom stereocenters. The van der Waals surface area contributed by atoms with Crippen molar-refractivity contribution >= 4 is 62.9 Å². The summed E-state index contributed by atoms with van der Waals surface area (Å²) in [4.78, 5) is 14.9. The summed E-state index contributed by atoms with van der Waals surface area (Å²) in [5, 5.41) is 10.9. The van der Waals surface area contributed by atoms with Gasteiger partial charge in [0.25, 0.3) is 0 Å². The van der Waals surface area contributed by atoms with E-state index in [1.165, 1.54) is 0 Å². The number of aliphatic carboxylic acids is 1. The first-order chi connectivity index (χ1) is 8.08. The van der Waals surface area contributed by atoms with Gasteiger partial charge in [-0.3, -0.25) is 0 Å². The van der Waals surface area contributed by atoms with Gasteiger partial charge in [-0.15, -0.1) is 24.8 Å². The van der Waals surface area contributed by atoms with Crippen LogP contribution >= 0.6 is 24.8 Å². The first kappa shape index (κ1) is 18.2. The topological polar surface area (TPSA) is 76.2 Å². The molecular weight excluding hydrogens is 350 g/mol. The Balaban J connectivity index is 0.00000162.